The Balaban J connectivity index is 2.71. The van der Waals surface area contributed by atoms with Crippen LogP contribution in [0.2, 0.25) is 0 Å². The molecule has 0 aliphatic heterocycles. The molecule has 0 bridgehead atoms. The summed E-state index contributed by atoms with van der Waals surface area (Å²) in [7, 11) is 1.52. The Morgan fingerprint density at radius 1 is 1.31 bits per heavy atom. The number of hydrogen-bond donors (Lipinski definition) is 0. The van der Waals surface area contributed by atoms with Crippen molar-refractivity contribution in [1.29, 1.82) is 0 Å². The Morgan fingerprint density at radius 3 is 2.50 bits per heavy atom. The molecule has 0 aliphatic rings. The van der Waals surface area contributed by atoms with Crippen molar-refractivity contribution in [3.8, 4) is 5.75 Å². The fourth-order valence-electron chi connectivity index (χ4n) is 1.52. The summed E-state index contributed by atoms with van der Waals surface area (Å²) in [5.41, 5.74) is 0.558. The molecule has 0 amide bonds. The van der Waals surface area contributed by atoms with Crippen LogP contribution in [0, 0.1) is 11.7 Å². The topological polar surface area (TPSA) is 9.23 Å². The molecule has 0 fully saturated rings. The van der Waals surface area contributed by atoms with Gasteiger partial charge in [-0.3, -0.25) is 0 Å². The zero-order valence-corrected chi connectivity index (χ0v) is 10.7. The molecule has 0 N–H and O–H groups in total. The first-order valence-electron chi connectivity index (χ1n) is 5.52. The Morgan fingerprint density at radius 2 is 2.00 bits per heavy atom. The second-order valence-corrected chi connectivity index (χ2v) is 4.85. The molecule has 1 aromatic carbocycles. The molecule has 1 atom stereocenters. The minimum absolute atomic E-state index is 0.256. The Kier molecular flexibility index (Phi) is 5.07. The van der Waals surface area contributed by atoms with Gasteiger partial charge in [0, 0.05) is 11.6 Å². The SMILES string of the molecule is COc1ccc(C(Cl)CCC(C)C)c(F)c1. The summed E-state index contributed by atoms with van der Waals surface area (Å²) < 4.78 is 18.6. The molecule has 0 saturated heterocycles. The van der Waals surface area contributed by atoms with E-state index in [1.54, 1.807) is 12.1 Å². The van der Waals surface area contributed by atoms with Gasteiger partial charge in [0.1, 0.15) is 11.6 Å². The van der Waals surface area contributed by atoms with Crippen LogP contribution in [0.15, 0.2) is 18.2 Å². The van der Waals surface area contributed by atoms with E-state index >= 15 is 0 Å². The minimum atomic E-state index is -0.289. The van der Waals surface area contributed by atoms with Gasteiger partial charge in [0.2, 0.25) is 0 Å². The Bertz CT molecular complexity index is 339. The summed E-state index contributed by atoms with van der Waals surface area (Å²) >= 11 is 6.17. The third-order valence-corrected chi connectivity index (χ3v) is 3.00. The summed E-state index contributed by atoms with van der Waals surface area (Å²) in [4.78, 5) is 0. The lowest BCUT2D eigenvalue weighted by Gasteiger charge is -2.13. The van der Waals surface area contributed by atoms with E-state index in [0.717, 1.165) is 12.8 Å². The fourth-order valence-corrected chi connectivity index (χ4v) is 1.83. The van der Waals surface area contributed by atoms with Gasteiger partial charge >= 0.3 is 0 Å². The number of methoxy groups -OCH3 is 1. The van der Waals surface area contributed by atoms with Crippen molar-refractivity contribution in [3.05, 3.63) is 29.6 Å². The number of halogens is 2. The first-order chi connectivity index (χ1) is 7.54. The van der Waals surface area contributed by atoms with Crippen molar-refractivity contribution in [1.82, 2.24) is 0 Å². The lowest BCUT2D eigenvalue weighted by Crippen LogP contribution is -1.98. The number of benzene rings is 1. The lowest BCUT2D eigenvalue weighted by atomic mass is 10.0. The molecule has 0 aromatic heterocycles. The van der Waals surface area contributed by atoms with Crippen molar-refractivity contribution < 1.29 is 9.13 Å². The van der Waals surface area contributed by atoms with Crippen LogP contribution in [0.25, 0.3) is 0 Å². The molecule has 0 spiro atoms. The molecule has 1 unspecified atom stereocenters. The van der Waals surface area contributed by atoms with E-state index < -0.39 is 0 Å². The van der Waals surface area contributed by atoms with Gasteiger partial charge in [-0.05, 0) is 24.8 Å². The van der Waals surface area contributed by atoms with Gasteiger partial charge < -0.3 is 4.74 Å². The average molecular weight is 245 g/mol. The van der Waals surface area contributed by atoms with Crippen LogP contribution in [-0.4, -0.2) is 7.11 Å². The van der Waals surface area contributed by atoms with Crippen LogP contribution < -0.4 is 4.74 Å². The van der Waals surface area contributed by atoms with Crippen LogP contribution in [0.3, 0.4) is 0 Å². The Labute approximate surface area is 102 Å². The first kappa shape index (κ1) is 13.3. The third-order valence-electron chi connectivity index (χ3n) is 2.54. The molecule has 90 valence electrons. The third kappa shape index (κ3) is 3.67. The molecule has 3 heteroatoms. The molecule has 0 radical (unpaired) electrons. The summed E-state index contributed by atoms with van der Waals surface area (Å²) in [6.07, 6.45) is 1.79. The van der Waals surface area contributed by atoms with Gasteiger partial charge in [0.25, 0.3) is 0 Å². The van der Waals surface area contributed by atoms with Gasteiger partial charge in [-0.25, -0.2) is 4.39 Å². The molecular formula is C13H18ClFO. The van der Waals surface area contributed by atoms with Crippen LogP contribution in [0.4, 0.5) is 4.39 Å². The highest BCUT2D eigenvalue weighted by atomic mass is 35.5. The predicted octanol–water partition coefficient (Wildman–Crippen LogP) is 4.55. The highest BCUT2D eigenvalue weighted by Gasteiger charge is 2.14. The maximum Gasteiger partial charge on any atom is 0.131 e. The molecule has 1 nitrogen and oxygen atoms in total. The van der Waals surface area contributed by atoms with E-state index in [-0.39, 0.29) is 11.2 Å². The molecular weight excluding hydrogens is 227 g/mol. The first-order valence-corrected chi connectivity index (χ1v) is 5.95. The van der Waals surface area contributed by atoms with Gasteiger partial charge in [-0.2, -0.15) is 0 Å². The quantitative estimate of drug-likeness (QED) is 0.691. The summed E-state index contributed by atoms with van der Waals surface area (Å²) in [6, 6.07) is 4.81. The zero-order valence-electron chi connectivity index (χ0n) is 9.97. The smallest absolute Gasteiger partial charge is 0.131 e. The fraction of sp³-hybridized carbons (Fsp3) is 0.538. The molecule has 0 aliphatic carbocycles. The highest BCUT2D eigenvalue weighted by molar-refractivity contribution is 6.20. The zero-order chi connectivity index (χ0) is 12.1. The van der Waals surface area contributed by atoms with E-state index in [1.165, 1.54) is 13.2 Å². The van der Waals surface area contributed by atoms with Crippen molar-refractivity contribution in [3.63, 3.8) is 0 Å². The second kappa shape index (κ2) is 6.09. The number of rotatable bonds is 5. The van der Waals surface area contributed by atoms with Crippen LogP contribution in [0.1, 0.15) is 37.6 Å². The molecule has 0 heterocycles. The van der Waals surface area contributed by atoms with Crippen molar-refractivity contribution in [2.24, 2.45) is 5.92 Å². The lowest BCUT2D eigenvalue weighted by molar-refractivity contribution is 0.410. The number of alkyl halides is 1. The monoisotopic (exact) mass is 244 g/mol. The van der Waals surface area contributed by atoms with E-state index in [4.69, 9.17) is 16.3 Å². The van der Waals surface area contributed by atoms with Gasteiger partial charge in [0.05, 0.1) is 12.5 Å². The molecule has 0 saturated carbocycles. The van der Waals surface area contributed by atoms with Gasteiger partial charge in [-0.15, -0.1) is 11.6 Å². The van der Waals surface area contributed by atoms with Gasteiger partial charge in [-0.1, -0.05) is 19.9 Å². The second-order valence-electron chi connectivity index (χ2n) is 4.33. The minimum Gasteiger partial charge on any atom is -0.497 e. The van der Waals surface area contributed by atoms with E-state index in [2.05, 4.69) is 13.8 Å². The van der Waals surface area contributed by atoms with E-state index in [9.17, 15) is 4.39 Å². The summed E-state index contributed by atoms with van der Waals surface area (Å²) in [6.45, 7) is 4.27. The summed E-state index contributed by atoms with van der Waals surface area (Å²) in [5.74, 6) is 0.819. The van der Waals surface area contributed by atoms with Crippen molar-refractivity contribution in [2.45, 2.75) is 32.1 Å². The molecule has 16 heavy (non-hydrogen) atoms. The van der Waals surface area contributed by atoms with E-state index in [0.29, 0.717) is 17.2 Å². The average Bonchev–Trinajstić information content (AvgIpc) is 2.25. The summed E-state index contributed by atoms with van der Waals surface area (Å²) in [5, 5.41) is -0.256. The van der Waals surface area contributed by atoms with Crippen LogP contribution >= 0.6 is 11.6 Å². The van der Waals surface area contributed by atoms with E-state index in [1.807, 2.05) is 0 Å². The maximum absolute atomic E-state index is 13.6. The molecule has 1 aromatic rings. The molecule has 1 rings (SSSR count). The predicted molar refractivity (Wildman–Crippen MR) is 65.6 cm³/mol. The number of ether oxygens (including phenoxy) is 1. The highest BCUT2D eigenvalue weighted by Crippen LogP contribution is 2.30. The number of hydrogen-bond acceptors (Lipinski definition) is 1. The standard InChI is InChI=1S/C13H18ClFO/c1-9(2)4-7-12(14)11-6-5-10(16-3)8-13(11)15/h5-6,8-9,12H,4,7H2,1-3H3. The largest absolute Gasteiger partial charge is 0.497 e. The van der Waals surface area contributed by atoms with Crippen LogP contribution in [-0.2, 0) is 0 Å². The van der Waals surface area contributed by atoms with Gasteiger partial charge in [0.15, 0.2) is 0 Å². The van der Waals surface area contributed by atoms with Crippen LogP contribution in [0.5, 0.6) is 5.75 Å². The van der Waals surface area contributed by atoms with Crippen molar-refractivity contribution >= 4 is 11.6 Å². The Hall–Kier alpha value is -0.760. The normalized spacial score (nSPS) is 12.9. The van der Waals surface area contributed by atoms with Crippen molar-refractivity contribution in [2.75, 3.05) is 7.11 Å². The maximum atomic E-state index is 13.6.